The largest absolute Gasteiger partial charge is 0.496 e. The van der Waals surface area contributed by atoms with Crippen LogP contribution in [0.2, 0.25) is 0 Å². The van der Waals surface area contributed by atoms with E-state index in [-0.39, 0.29) is 19.5 Å². The number of anilines is 1. The first-order chi connectivity index (χ1) is 13.4. The van der Waals surface area contributed by atoms with Gasteiger partial charge < -0.3 is 15.2 Å². The normalized spacial score (nSPS) is 19.9. The summed E-state index contributed by atoms with van der Waals surface area (Å²) in [6.07, 6.45) is 3.86. The lowest BCUT2D eigenvalue weighted by Crippen LogP contribution is -2.33. The number of methoxy groups -OCH3 is 1. The molecule has 1 aromatic rings. The van der Waals surface area contributed by atoms with Gasteiger partial charge in [0.15, 0.2) is 0 Å². The molecule has 2 aliphatic heterocycles. The molecule has 0 amide bonds. The maximum absolute atomic E-state index is 14.5. The molecule has 0 aliphatic carbocycles. The molecular weight excluding hydrogens is 368 g/mol. The Hall–Kier alpha value is -1.96. The summed E-state index contributed by atoms with van der Waals surface area (Å²) in [4.78, 5) is 17.0. The second-order valence-corrected chi connectivity index (χ2v) is 7.76. The van der Waals surface area contributed by atoms with Crippen LogP contribution in [0.5, 0.6) is 5.75 Å². The first-order valence-corrected chi connectivity index (χ1v) is 10.0. The lowest BCUT2D eigenvalue weighted by molar-refractivity contribution is -0.138. The van der Waals surface area contributed by atoms with E-state index in [4.69, 9.17) is 9.84 Å². The Bertz CT molecular complexity index is 682. The number of nitrogens with zero attached hydrogens (tertiary/aromatic N) is 2. The van der Waals surface area contributed by atoms with Crippen molar-refractivity contribution in [3.8, 4) is 5.75 Å². The van der Waals surface area contributed by atoms with Crippen LogP contribution in [-0.2, 0) is 17.6 Å². The minimum atomic E-state index is -2.75. The summed E-state index contributed by atoms with van der Waals surface area (Å²) in [6, 6.07) is 1.92. The average Bonchev–Trinajstić information content (AvgIpc) is 3.13. The summed E-state index contributed by atoms with van der Waals surface area (Å²) in [7, 11) is 1.64. The van der Waals surface area contributed by atoms with E-state index in [1.54, 1.807) is 12.0 Å². The summed E-state index contributed by atoms with van der Waals surface area (Å²) < 4.78 is 34.5. The molecule has 6 nitrogen and oxygen atoms in total. The van der Waals surface area contributed by atoms with Gasteiger partial charge in [-0.1, -0.05) is 0 Å². The Balaban J connectivity index is 1.48. The van der Waals surface area contributed by atoms with E-state index in [0.717, 1.165) is 42.2 Å². The molecule has 1 aromatic heterocycles. The number of aryl methyl sites for hydroxylation is 1. The molecule has 1 fully saturated rings. The van der Waals surface area contributed by atoms with E-state index in [2.05, 4.69) is 10.3 Å². The number of carboxylic acids is 1. The highest BCUT2D eigenvalue weighted by molar-refractivity contribution is 5.69. The summed E-state index contributed by atoms with van der Waals surface area (Å²) in [5, 5.41) is 12.1. The van der Waals surface area contributed by atoms with Gasteiger partial charge >= 0.3 is 5.97 Å². The third kappa shape index (κ3) is 5.10. The summed E-state index contributed by atoms with van der Waals surface area (Å²) in [5.41, 5.74) is 1.96. The first-order valence-electron chi connectivity index (χ1n) is 10.0. The van der Waals surface area contributed by atoms with Gasteiger partial charge in [0.1, 0.15) is 11.6 Å². The van der Waals surface area contributed by atoms with Gasteiger partial charge in [0, 0.05) is 42.8 Å². The van der Waals surface area contributed by atoms with Crippen LogP contribution in [-0.4, -0.2) is 60.2 Å². The van der Waals surface area contributed by atoms with Crippen molar-refractivity contribution in [1.29, 1.82) is 0 Å². The SMILES string of the molecule is COc1cc(CCCCC(F)(F)[C@@H]2CCN(CC(=O)O)C2)nc2c1CCCN2. The fraction of sp³-hybridized carbons (Fsp3) is 0.700. The summed E-state index contributed by atoms with van der Waals surface area (Å²) >= 11 is 0. The van der Waals surface area contributed by atoms with Gasteiger partial charge in [-0.15, -0.1) is 0 Å². The molecule has 2 N–H and O–H groups in total. The van der Waals surface area contributed by atoms with E-state index in [1.165, 1.54) is 0 Å². The lowest BCUT2D eigenvalue weighted by atomic mass is 9.95. The Labute approximate surface area is 164 Å². The van der Waals surface area contributed by atoms with E-state index in [1.807, 2.05) is 6.07 Å². The molecular formula is C20H29F2N3O3. The zero-order valence-corrected chi connectivity index (χ0v) is 16.3. The molecule has 3 heterocycles. The Morgan fingerprint density at radius 2 is 2.29 bits per heavy atom. The molecule has 156 valence electrons. The second-order valence-electron chi connectivity index (χ2n) is 7.76. The molecule has 0 aromatic carbocycles. The number of hydrogen-bond donors (Lipinski definition) is 2. The number of pyridine rings is 1. The number of halogens is 2. The molecule has 0 radical (unpaired) electrons. The van der Waals surface area contributed by atoms with Gasteiger partial charge in [-0.3, -0.25) is 9.69 Å². The highest BCUT2D eigenvalue weighted by Gasteiger charge is 2.42. The molecule has 2 aliphatic rings. The fourth-order valence-electron chi connectivity index (χ4n) is 4.15. The molecule has 3 rings (SSSR count). The highest BCUT2D eigenvalue weighted by atomic mass is 19.3. The molecule has 28 heavy (non-hydrogen) atoms. The number of aromatic nitrogens is 1. The maximum atomic E-state index is 14.5. The van der Waals surface area contributed by atoms with Crippen molar-refractivity contribution in [3.63, 3.8) is 0 Å². The standard InChI is InChI=1S/C20H29F2N3O3/c1-28-17-11-15(24-19-16(17)6-4-9-23-19)5-2-3-8-20(21,22)14-7-10-25(12-14)13-18(26)27/h11,14H,2-10,12-13H2,1H3,(H,23,24)(H,26,27)/t14-/m1/s1. The van der Waals surface area contributed by atoms with Crippen molar-refractivity contribution in [2.45, 2.75) is 50.9 Å². The maximum Gasteiger partial charge on any atom is 0.317 e. The van der Waals surface area contributed by atoms with Crippen LogP contribution in [0.4, 0.5) is 14.6 Å². The third-order valence-corrected chi connectivity index (χ3v) is 5.67. The van der Waals surface area contributed by atoms with E-state index >= 15 is 0 Å². The van der Waals surface area contributed by atoms with Crippen LogP contribution in [0.1, 0.15) is 43.4 Å². The van der Waals surface area contributed by atoms with Crippen molar-refractivity contribution in [1.82, 2.24) is 9.88 Å². The van der Waals surface area contributed by atoms with E-state index < -0.39 is 17.8 Å². The van der Waals surface area contributed by atoms with Crippen LogP contribution in [0.15, 0.2) is 6.07 Å². The lowest BCUT2D eigenvalue weighted by Gasteiger charge is -2.23. The number of alkyl halides is 2. The van der Waals surface area contributed by atoms with Gasteiger partial charge in [0.05, 0.1) is 13.7 Å². The zero-order chi connectivity index (χ0) is 20.1. The fourth-order valence-corrected chi connectivity index (χ4v) is 4.15. The summed E-state index contributed by atoms with van der Waals surface area (Å²) in [5.74, 6) is -2.79. The molecule has 1 saturated heterocycles. The van der Waals surface area contributed by atoms with Crippen LogP contribution in [0.3, 0.4) is 0 Å². The van der Waals surface area contributed by atoms with Crippen molar-refractivity contribution >= 4 is 11.8 Å². The summed E-state index contributed by atoms with van der Waals surface area (Å²) in [6.45, 7) is 1.32. The predicted molar refractivity (Wildman–Crippen MR) is 102 cm³/mol. The number of carboxylic acid groups (broad SMARTS) is 1. The Morgan fingerprint density at radius 3 is 3.04 bits per heavy atom. The van der Waals surface area contributed by atoms with E-state index in [9.17, 15) is 13.6 Å². The number of unbranched alkanes of at least 4 members (excludes halogenated alkanes) is 1. The minimum absolute atomic E-state index is 0.160. The average molecular weight is 397 g/mol. The third-order valence-electron chi connectivity index (χ3n) is 5.67. The first kappa shape index (κ1) is 20.8. The van der Waals surface area contributed by atoms with Gasteiger partial charge in [-0.25, -0.2) is 13.8 Å². The molecule has 0 bridgehead atoms. The van der Waals surface area contributed by atoms with Crippen molar-refractivity contribution in [2.24, 2.45) is 5.92 Å². The van der Waals surface area contributed by atoms with Gasteiger partial charge in [0.2, 0.25) is 0 Å². The van der Waals surface area contributed by atoms with Crippen LogP contribution in [0, 0.1) is 5.92 Å². The smallest absolute Gasteiger partial charge is 0.317 e. The number of carbonyl (C=O) groups is 1. The molecule has 1 atom stereocenters. The number of aliphatic carboxylic acids is 1. The van der Waals surface area contributed by atoms with Crippen molar-refractivity contribution in [2.75, 3.05) is 38.6 Å². The number of likely N-dealkylation sites (tertiary alicyclic amines) is 1. The van der Waals surface area contributed by atoms with Gasteiger partial charge in [-0.2, -0.15) is 0 Å². The number of rotatable bonds is 9. The molecule has 0 spiro atoms. The van der Waals surface area contributed by atoms with Gasteiger partial charge in [-0.05, 0) is 45.1 Å². The van der Waals surface area contributed by atoms with E-state index in [0.29, 0.717) is 32.2 Å². The second kappa shape index (κ2) is 9.03. The van der Waals surface area contributed by atoms with Crippen LogP contribution in [0.25, 0.3) is 0 Å². The zero-order valence-electron chi connectivity index (χ0n) is 16.3. The Kier molecular flexibility index (Phi) is 6.69. The van der Waals surface area contributed by atoms with Crippen molar-refractivity contribution in [3.05, 3.63) is 17.3 Å². The topological polar surface area (TPSA) is 74.7 Å². The predicted octanol–water partition coefficient (Wildman–Crippen LogP) is 3.20. The van der Waals surface area contributed by atoms with Crippen molar-refractivity contribution < 1.29 is 23.4 Å². The number of fused-ring (bicyclic) bond motifs is 1. The monoisotopic (exact) mass is 397 g/mol. The molecule has 0 saturated carbocycles. The van der Waals surface area contributed by atoms with Crippen LogP contribution >= 0.6 is 0 Å². The number of nitrogens with one attached hydrogen (secondary N) is 1. The number of hydrogen-bond acceptors (Lipinski definition) is 5. The quantitative estimate of drug-likeness (QED) is 0.624. The molecule has 0 unspecified atom stereocenters. The Morgan fingerprint density at radius 1 is 1.46 bits per heavy atom. The number of ether oxygens (including phenoxy) is 1. The van der Waals surface area contributed by atoms with Gasteiger partial charge in [0.25, 0.3) is 5.92 Å². The highest BCUT2D eigenvalue weighted by Crippen LogP contribution is 2.36. The van der Waals surface area contributed by atoms with Crippen LogP contribution < -0.4 is 10.1 Å². The molecule has 8 heteroatoms. The minimum Gasteiger partial charge on any atom is -0.496 e.